The molecule has 90 valence electrons. The van der Waals surface area contributed by atoms with E-state index in [2.05, 4.69) is 15.5 Å². The van der Waals surface area contributed by atoms with Gasteiger partial charge in [-0.25, -0.2) is 0 Å². The maximum Gasteiger partial charge on any atom is 0.246 e. The molecule has 6 heteroatoms. The van der Waals surface area contributed by atoms with Crippen molar-refractivity contribution in [2.24, 2.45) is 7.05 Å². The molecule has 1 amide bonds. The molecule has 2 aromatic rings. The summed E-state index contributed by atoms with van der Waals surface area (Å²) >= 11 is 0. The molecule has 0 saturated heterocycles. The summed E-state index contributed by atoms with van der Waals surface area (Å²) in [6.45, 7) is 3.95. The van der Waals surface area contributed by atoms with E-state index in [0.29, 0.717) is 0 Å². The molecule has 0 radical (unpaired) electrons. The van der Waals surface area contributed by atoms with Crippen LogP contribution in [0.15, 0.2) is 18.5 Å². The monoisotopic (exact) mass is 233 g/mol. The third-order valence-corrected chi connectivity index (χ3v) is 2.37. The molecular weight excluding hydrogens is 218 g/mol. The number of nitrogens with one attached hydrogen (secondary N) is 1. The molecule has 6 nitrogen and oxygen atoms in total. The van der Waals surface area contributed by atoms with Crippen LogP contribution in [0, 0.1) is 13.8 Å². The predicted molar refractivity (Wildman–Crippen MR) is 63.5 cm³/mol. The Bertz CT molecular complexity index is 540. The van der Waals surface area contributed by atoms with Gasteiger partial charge in [-0.3, -0.25) is 14.2 Å². The Morgan fingerprint density at radius 2 is 2.18 bits per heavy atom. The van der Waals surface area contributed by atoms with E-state index in [1.54, 1.807) is 21.8 Å². The molecule has 17 heavy (non-hydrogen) atoms. The smallest absolute Gasteiger partial charge is 0.246 e. The Morgan fingerprint density at radius 1 is 1.41 bits per heavy atom. The van der Waals surface area contributed by atoms with Crippen molar-refractivity contribution in [3.63, 3.8) is 0 Å². The molecule has 0 spiro atoms. The van der Waals surface area contributed by atoms with Gasteiger partial charge in [0, 0.05) is 19.4 Å². The van der Waals surface area contributed by atoms with E-state index in [4.69, 9.17) is 0 Å². The molecule has 0 saturated carbocycles. The summed E-state index contributed by atoms with van der Waals surface area (Å²) in [6, 6.07) is 1.86. The molecule has 2 aromatic heterocycles. The summed E-state index contributed by atoms with van der Waals surface area (Å²) in [5.74, 6) is -0.107. The fraction of sp³-hybridized carbons (Fsp3) is 0.364. The third kappa shape index (κ3) is 2.72. The minimum absolute atomic E-state index is 0.107. The number of rotatable bonds is 3. The van der Waals surface area contributed by atoms with Crippen LogP contribution in [0.4, 0.5) is 5.69 Å². The predicted octanol–water partition coefficient (Wildman–Crippen LogP) is 0.872. The first kappa shape index (κ1) is 11.4. The van der Waals surface area contributed by atoms with Gasteiger partial charge in [0.25, 0.3) is 0 Å². The fourth-order valence-electron chi connectivity index (χ4n) is 1.61. The SMILES string of the molecule is Cc1ccn(CC(=O)Nc2cn(C)nc2C)n1. The van der Waals surface area contributed by atoms with Gasteiger partial charge >= 0.3 is 0 Å². The number of aryl methyl sites for hydroxylation is 3. The number of nitrogens with zero attached hydrogens (tertiary/aromatic N) is 4. The van der Waals surface area contributed by atoms with Gasteiger partial charge in [0.05, 0.1) is 17.1 Å². The van der Waals surface area contributed by atoms with E-state index < -0.39 is 0 Å². The summed E-state index contributed by atoms with van der Waals surface area (Å²) in [7, 11) is 1.82. The van der Waals surface area contributed by atoms with Crippen LogP contribution >= 0.6 is 0 Å². The first-order valence-corrected chi connectivity index (χ1v) is 5.35. The van der Waals surface area contributed by atoms with Crippen molar-refractivity contribution in [2.45, 2.75) is 20.4 Å². The Balaban J connectivity index is 2.00. The first-order chi connectivity index (χ1) is 8.04. The van der Waals surface area contributed by atoms with Gasteiger partial charge in [0.2, 0.25) is 5.91 Å². The van der Waals surface area contributed by atoms with Gasteiger partial charge in [0.1, 0.15) is 6.54 Å². The Labute approximate surface area is 99.2 Å². The quantitative estimate of drug-likeness (QED) is 0.855. The molecule has 2 rings (SSSR count). The Kier molecular flexibility index (Phi) is 2.95. The largest absolute Gasteiger partial charge is 0.322 e. The van der Waals surface area contributed by atoms with Gasteiger partial charge in [-0.15, -0.1) is 0 Å². The molecule has 2 heterocycles. The van der Waals surface area contributed by atoms with Gasteiger partial charge < -0.3 is 5.32 Å². The van der Waals surface area contributed by atoms with E-state index in [1.807, 2.05) is 27.0 Å². The highest BCUT2D eigenvalue weighted by molar-refractivity contribution is 5.90. The van der Waals surface area contributed by atoms with Crippen LogP contribution in [0.2, 0.25) is 0 Å². The van der Waals surface area contributed by atoms with Crippen LogP contribution in [-0.4, -0.2) is 25.5 Å². The average Bonchev–Trinajstić information content (AvgIpc) is 2.74. The second-order valence-corrected chi connectivity index (χ2v) is 4.00. The van der Waals surface area contributed by atoms with E-state index >= 15 is 0 Å². The molecule has 0 aliphatic rings. The standard InChI is InChI=1S/C11H15N5O/c1-8-4-5-16(13-8)7-11(17)12-10-6-15(3)14-9(10)2/h4-6H,7H2,1-3H3,(H,12,17). The number of carbonyl (C=O) groups excluding carboxylic acids is 1. The van der Waals surface area contributed by atoms with Crippen molar-refractivity contribution in [3.8, 4) is 0 Å². The van der Waals surface area contributed by atoms with Crippen LogP contribution in [0.1, 0.15) is 11.4 Å². The summed E-state index contributed by atoms with van der Waals surface area (Å²) in [5, 5.41) is 11.1. The third-order valence-electron chi connectivity index (χ3n) is 2.37. The molecule has 0 bridgehead atoms. The lowest BCUT2D eigenvalue weighted by Crippen LogP contribution is -2.19. The second kappa shape index (κ2) is 4.40. The van der Waals surface area contributed by atoms with Crippen LogP contribution in [0.25, 0.3) is 0 Å². The number of aromatic nitrogens is 4. The highest BCUT2D eigenvalue weighted by Crippen LogP contribution is 2.11. The molecule has 1 N–H and O–H groups in total. The lowest BCUT2D eigenvalue weighted by Gasteiger charge is -2.03. The van der Waals surface area contributed by atoms with Gasteiger partial charge in [0.15, 0.2) is 0 Å². The van der Waals surface area contributed by atoms with Gasteiger partial charge in [-0.05, 0) is 19.9 Å². The van der Waals surface area contributed by atoms with Crippen molar-refractivity contribution in [3.05, 3.63) is 29.8 Å². The number of hydrogen-bond acceptors (Lipinski definition) is 3. The van der Waals surface area contributed by atoms with Crippen molar-refractivity contribution >= 4 is 11.6 Å². The van der Waals surface area contributed by atoms with Crippen LogP contribution < -0.4 is 5.32 Å². The van der Waals surface area contributed by atoms with Crippen molar-refractivity contribution in [1.82, 2.24) is 19.6 Å². The Hall–Kier alpha value is -2.11. The molecule has 0 unspecified atom stereocenters. The molecule has 0 aliphatic carbocycles. The summed E-state index contributed by atoms with van der Waals surface area (Å²) in [5.41, 5.74) is 2.44. The number of amides is 1. The molecule has 0 atom stereocenters. The summed E-state index contributed by atoms with van der Waals surface area (Å²) < 4.78 is 3.28. The van der Waals surface area contributed by atoms with E-state index in [1.165, 1.54) is 0 Å². The zero-order chi connectivity index (χ0) is 12.4. The molecule has 0 fully saturated rings. The van der Waals surface area contributed by atoms with Crippen molar-refractivity contribution in [1.29, 1.82) is 0 Å². The maximum atomic E-state index is 11.7. The first-order valence-electron chi connectivity index (χ1n) is 5.35. The van der Waals surface area contributed by atoms with Gasteiger partial charge in [-0.2, -0.15) is 10.2 Å². The summed E-state index contributed by atoms with van der Waals surface area (Å²) in [6.07, 6.45) is 3.56. The minimum atomic E-state index is -0.107. The number of anilines is 1. The molecular formula is C11H15N5O. The lowest BCUT2D eigenvalue weighted by atomic mass is 10.4. The normalized spacial score (nSPS) is 10.5. The highest BCUT2D eigenvalue weighted by Gasteiger charge is 2.08. The fourth-order valence-corrected chi connectivity index (χ4v) is 1.61. The topological polar surface area (TPSA) is 64.7 Å². The van der Waals surface area contributed by atoms with Crippen molar-refractivity contribution < 1.29 is 4.79 Å². The Morgan fingerprint density at radius 3 is 2.71 bits per heavy atom. The van der Waals surface area contributed by atoms with Crippen molar-refractivity contribution in [2.75, 3.05) is 5.32 Å². The lowest BCUT2D eigenvalue weighted by molar-refractivity contribution is -0.116. The summed E-state index contributed by atoms with van der Waals surface area (Å²) in [4.78, 5) is 11.7. The van der Waals surface area contributed by atoms with E-state index in [0.717, 1.165) is 17.1 Å². The van der Waals surface area contributed by atoms with Crippen LogP contribution in [0.5, 0.6) is 0 Å². The van der Waals surface area contributed by atoms with E-state index in [9.17, 15) is 4.79 Å². The zero-order valence-corrected chi connectivity index (χ0v) is 10.1. The van der Waals surface area contributed by atoms with Crippen LogP contribution in [0.3, 0.4) is 0 Å². The number of hydrogen-bond donors (Lipinski definition) is 1. The maximum absolute atomic E-state index is 11.7. The molecule has 0 aromatic carbocycles. The van der Waals surface area contributed by atoms with E-state index in [-0.39, 0.29) is 12.5 Å². The van der Waals surface area contributed by atoms with Gasteiger partial charge in [-0.1, -0.05) is 0 Å². The molecule has 0 aliphatic heterocycles. The number of carbonyl (C=O) groups is 1. The zero-order valence-electron chi connectivity index (χ0n) is 10.1. The minimum Gasteiger partial charge on any atom is -0.322 e. The van der Waals surface area contributed by atoms with Crippen LogP contribution in [-0.2, 0) is 18.4 Å². The average molecular weight is 233 g/mol. The second-order valence-electron chi connectivity index (χ2n) is 4.00. The highest BCUT2D eigenvalue weighted by atomic mass is 16.2.